The number of aromatic nitrogens is 1. The van der Waals surface area contributed by atoms with Crippen molar-refractivity contribution in [3.05, 3.63) is 48.0 Å². The Balaban J connectivity index is 1.87. The quantitative estimate of drug-likeness (QED) is 0.354. The second-order valence-electron chi connectivity index (χ2n) is 8.12. The van der Waals surface area contributed by atoms with E-state index in [1.165, 1.54) is 12.1 Å². The first-order chi connectivity index (χ1) is 15.6. The average Bonchev–Trinajstić information content (AvgIpc) is 3.05. The fraction of sp³-hybridized carbons (Fsp3) is 0.318. The number of carbonyl (C=O) groups excluding carboxylic acids is 1. The Morgan fingerprint density at radius 1 is 1.15 bits per heavy atom. The van der Waals surface area contributed by atoms with Crippen molar-refractivity contribution in [3.63, 3.8) is 0 Å². The molecular weight excluding hydrogens is 444 g/mol. The SMILES string of the molecule is CC(C)NS(=O)(=O)c1ccc2[nH]c(O)c(N=Nc3cccc(C(=O)NCCN(C)C)c3)c2c1. The first-order valence-electron chi connectivity index (χ1n) is 10.4. The van der Waals surface area contributed by atoms with Gasteiger partial charge in [-0.05, 0) is 64.3 Å². The van der Waals surface area contributed by atoms with Crippen molar-refractivity contribution in [1.29, 1.82) is 0 Å². The number of nitrogens with one attached hydrogen (secondary N) is 3. The normalized spacial score (nSPS) is 12.3. The Kier molecular flexibility index (Phi) is 7.46. The zero-order chi connectivity index (χ0) is 24.2. The Hall–Kier alpha value is -3.28. The molecule has 0 aliphatic carbocycles. The minimum atomic E-state index is -3.72. The zero-order valence-electron chi connectivity index (χ0n) is 19.0. The topological polar surface area (TPSA) is 139 Å². The number of likely N-dealkylation sites (N-methyl/N-ethyl adjacent to an activating group) is 1. The molecular formula is C22H28N6O4S. The Bertz CT molecular complexity index is 1280. The fourth-order valence-electron chi connectivity index (χ4n) is 3.10. The van der Waals surface area contributed by atoms with E-state index in [0.717, 1.165) is 6.54 Å². The molecule has 4 N–H and O–H groups in total. The van der Waals surface area contributed by atoms with E-state index in [4.69, 9.17) is 0 Å². The summed E-state index contributed by atoms with van der Waals surface area (Å²) in [6.07, 6.45) is 0. The summed E-state index contributed by atoms with van der Waals surface area (Å²) in [7, 11) is 0.127. The van der Waals surface area contributed by atoms with Crippen molar-refractivity contribution in [3.8, 4) is 5.88 Å². The summed E-state index contributed by atoms with van der Waals surface area (Å²) < 4.78 is 27.6. The molecule has 10 nitrogen and oxygen atoms in total. The van der Waals surface area contributed by atoms with Gasteiger partial charge in [0.1, 0.15) is 0 Å². The van der Waals surface area contributed by atoms with Gasteiger partial charge in [-0.1, -0.05) is 6.07 Å². The number of H-pyrrole nitrogens is 1. The van der Waals surface area contributed by atoms with Gasteiger partial charge in [0.2, 0.25) is 15.9 Å². The summed E-state index contributed by atoms with van der Waals surface area (Å²) >= 11 is 0. The summed E-state index contributed by atoms with van der Waals surface area (Å²) in [6, 6.07) is 10.8. The van der Waals surface area contributed by atoms with E-state index in [-0.39, 0.29) is 28.4 Å². The van der Waals surface area contributed by atoms with Crippen LogP contribution < -0.4 is 10.0 Å². The highest BCUT2D eigenvalue weighted by Crippen LogP contribution is 2.37. The predicted octanol–water partition coefficient (Wildman–Crippen LogP) is 3.27. The number of benzene rings is 2. The van der Waals surface area contributed by atoms with E-state index in [1.807, 2.05) is 19.0 Å². The summed E-state index contributed by atoms with van der Waals surface area (Å²) in [4.78, 5) is 17.1. The van der Waals surface area contributed by atoms with Crippen molar-refractivity contribution in [2.24, 2.45) is 10.2 Å². The van der Waals surface area contributed by atoms with Crippen molar-refractivity contribution in [2.75, 3.05) is 27.2 Å². The summed E-state index contributed by atoms with van der Waals surface area (Å²) in [5.74, 6) is -0.464. The molecule has 0 saturated carbocycles. The molecule has 1 heterocycles. The third-order valence-corrected chi connectivity index (χ3v) is 6.30. The van der Waals surface area contributed by atoms with Crippen LogP contribution in [-0.2, 0) is 10.0 Å². The number of hydrogen-bond acceptors (Lipinski definition) is 7. The van der Waals surface area contributed by atoms with Crippen LogP contribution in [0.1, 0.15) is 24.2 Å². The average molecular weight is 473 g/mol. The number of sulfonamides is 1. The lowest BCUT2D eigenvalue weighted by molar-refractivity contribution is 0.0951. The number of rotatable bonds is 9. The van der Waals surface area contributed by atoms with Crippen LogP contribution in [0.2, 0.25) is 0 Å². The van der Waals surface area contributed by atoms with Gasteiger partial charge in [0.05, 0.1) is 16.1 Å². The number of aromatic amines is 1. The molecule has 0 unspecified atom stereocenters. The number of fused-ring (bicyclic) bond motifs is 1. The lowest BCUT2D eigenvalue weighted by Crippen LogP contribution is -2.31. The molecule has 0 fully saturated rings. The number of aromatic hydroxyl groups is 1. The van der Waals surface area contributed by atoms with Gasteiger partial charge in [-0.25, -0.2) is 13.1 Å². The van der Waals surface area contributed by atoms with Crippen LogP contribution in [0.4, 0.5) is 11.4 Å². The molecule has 11 heteroatoms. The summed E-state index contributed by atoms with van der Waals surface area (Å²) in [5, 5.41) is 21.8. The van der Waals surface area contributed by atoms with Gasteiger partial charge in [0, 0.05) is 30.1 Å². The van der Waals surface area contributed by atoms with Gasteiger partial charge in [-0.15, -0.1) is 5.11 Å². The Labute approximate surface area is 192 Å². The largest absolute Gasteiger partial charge is 0.493 e. The molecule has 0 aliphatic heterocycles. The minimum Gasteiger partial charge on any atom is -0.493 e. The fourth-order valence-corrected chi connectivity index (χ4v) is 4.38. The highest BCUT2D eigenvalue weighted by atomic mass is 32.2. The summed E-state index contributed by atoms with van der Waals surface area (Å²) in [5.41, 5.74) is 1.46. The van der Waals surface area contributed by atoms with Gasteiger partial charge in [0.25, 0.3) is 5.91 Å². The molecule has 0 atom stereocenters. The molecule has 0 spiro atoms. The van der Waals surface area contributed by atoms with E-state index in [1.54, 1.807) is 44.2 Å². The van der Waals surface area contributed by atoms with Crippen molar-refractivity contribution in [2.45, 2.75) is 24.8 Å². The molecule has 1 amide bonds. The summed E-state index contributed by atoms with van der Waals surface area (Å²) in [6.45, 7) is 4.69. The van der Waals surface area contributed by atoms with Gasteiger partial charge >= 0.3 is 0 Å². The van der Waals surface area contributed by atoms with Crippen molar-refractivity contribution in [1.82, 2.24) is 19.9 Å². The number of hydrogen-bond donors (Lipinski definition) is 4. The van der Waals surface area contributed by atoms with Gasteiger partial charge in [-0.3, -0.25) is 4.79 Å². The van der Waals surface area contributed by atoms with Gasteiger partial charge in [-0.2, -0.15) is 5.11 Å². The molecule has 33 heavy (non-hydrogen) atoms. The third kappa shape index (κ3) is 6.15. The van der Waals surface area contributed by atoms with Gasteiger partial charge < -0.3 is 20.3 Å². The number of nitrogens with zero attached hydrogens (tertiary/aromatic N) is 3. The van der Waals surface area contributed by atoms with E-state index in [9.17, 15) is 18.3 Å². The van der Waals surface area contributed by atoms with Crippen LogP contribution >= 0.6 is 0 Å². The van der Waals surface area contributed by atoms with Crippen molar-refractivity contribution >= 4 is 38.2 Å². The maximum absolute atomic E-state index is 12.5. The van der Waals surface area contributed by atoms with Crippen LogP contribution in [0.25, 0.3) is 10.9 Å². The second kappa shape index (κ2) is 10.1. The standard InChI is InChI=1S/C22H28N6O4S/c1-14(2)27-33(31,32)17-8-9-19-18(13-17)20(22(30)24-19)26-25-16-7-5-6-15(12-16)21(29)23-10-11-28(3)4/h5-9,12-14,24,27,30H,10-11H2,1-4H3,(H,23,29). The van der Waals surface area contributed by atoms with Crippen LogP contribution in [0.15, 0.2) is 57.6 Å². The molecule has 3 rings (SSSR count). The van der Waals surface area contributed by atoms with E-state index >= 15 is 0 Å². The zero-order valence-corrected chi connectivity index (χ0v) is 19.8. The van der Waals surface area contributed by atoms with Crippen molar-refractivity contribution < 1.29 is 18.3 Å². The molecule has 0 saturated heterocycles. The molecule has 0 bridgehead atoms. The van der Waals surface area contributed by atoms with E-state index in [2.05, 4.69) is 25.3 Å². The van der Waals surface area contributed by atoms with E-state index < -0.39 is 10.0 Å². The lowest BCUT2D eigenvalue weighted by Gasteiger charge is -2.10. The Morgan fingerprint density at radius 3 is 2.61 bits per heavy atom. The molecule has 0 aliphatic rings. The smallest absolute Gasteiger partial charge is 0.251 e. The molecule has 0 radical (unpaired) electrons. The van der Waals surface area contributed by atoms with Gasteiger partial charge in [0.15, 0.2) is 5.69 Å². The minimum absolute atomic E-state index is 0.0514. The molecule has 1 aromatic heterocycles. The van der Waals surface area contributed by atoms with Crippen LogP contribution in [-0.4, -0.2) is 62.5 Å². The third-order valence-electron chi connectivity index (χ3n) is 4.64. The number of azo groups is 1. The van der Waals surface area contributed by atoms with Crippen LogP contribution in [0, 0.1) is 0 Å². The molecule has 2 aromatic carbocycles. The lowest BCUT2D eigenvalue weighted by atomic mass is 10.2. The highest BCUT2D eigenvalue weighted by molar-refractivity contribution is 7.89. The number of carbonyl (C=O) groups is 1. The number of amides is 1. The first-order valence-corrected chi connectivity index (χ1v) is 11.9. The predicted molar refractivity (Wildman–Crippen MR) is 127 cm³/mol. The van der Waals surface area contributed by atoms with E-state index in [0.29, 0.717) is 28.7 Å². The monoisotopic (exact) mass is 472 g/mol. The maximum atomic E-state index is 12.5. The van der Waals surface area contributed by atoms with Crippen LogP contribution in [0.5, 0.6) is 5.88 Å². The second-order valence-corrected chi connectivity index (χ2v) is 9.83. The highest BCUT2D eigenvalue weighted by Gasteiger charge is 2.19. The molecule has 176 valence electrons. The molecule has 3 aromatic rings. The maximum Gasteiger partial charge on any atom is 0.251 e. The Morgan fingerprint density at radius 2 is 1.91 bits per heavy atom. The van der Waals surface area contributed by atoms with Crippen LogP contribution in [0.3, 0.4) is 0 Å². The first kappa shape index (κ1) is 24.4.